The number of nitrogens with one attached hydrogen (secondary N) is 2. The van der Waals surface area contributed by atoms with Crippen LogP contribution in [0.2, 0.25) is 0 Å². The molecule has 0 bridgehead atoms. The van der Waals surface area contributed by atoms with Gasteiger partial charge < -0.3 is 15.0 Å². The molecule has 1 fully saturated rings. The van der Waals surface area contributed by atoms with Crippen molar-refractivity contribution < 1.29 is 19.1 Å². The fraction of sp³-hybridized carbons (Fsp3) is 0.500. The van der Waals surface area contributed by atoms with E-state index in [9.17, 15) is 14.4 Å². The third-order valence-corrected chi connectivity index (χ3v) is 6.27. The highest BCUT2D eigenvalue weighted by Gasteiger charge is 2.46. The van der Waals surface area contributed by atoms with Crippen LogP contribution in [0.5, 0.6) is 5.75 Å². The molecule has 7 nitrogen and oxygen atoms in total. The van der Waals surface area contributed by atoms with Gasteiger partial charge in [0.15, 0.2) is 5.78 Å². The van der Waals surface area contributed by atoms with Gasteiger partial charge >= 0.3 is 0 Å². The Hall–Kier alpha value is -2.67. The minimum Gasteiger partial charge on any atom is -0.497 e. The molecule has 3 heterocycles. The summed E-state index contributed by atoms with van der Waals surface area (Å²) in [5, 5.41) is 4.43. The number of amides is 2. The second-order valence-corrected chi connectivity index (χ2v) is 7.97. The molecule has 2 amide bonds. The predicted molar refractivity (Wildman–Crippen MR) is 109 cm³/mol. The number of likely N-dealkylation sites (tertiary alicyclic amines) is 1. The first-order valence-corrected chi connectivity index (χ1v) is 10.2. The average molecular weight is 397 g/mol. The maximum Gasteiger partial charge on any atom is 0.241 e. The molecule has 2 aromatic rings. The van der Waals surface area contributed by atoms with Crippen molar-refractivity contribution in [2.45, 2.75) is 38.6 Å². The molecule has 0 radical (unpaired) electrons. The van der Waals surface area contributed by atoms with Crippen molar-refractivity contribution in [2.75, 3.05) is 20.7 Å². The highest BCUT2D eigenvalue weighted by Crippen LogP contribution is 2.38. The summed E-state index contributed by atoms with van der Waals surface area (Å²) in [6, 6.07) is 5.36. The highest BCUT2D eigenvalue weighted by atomic mass is 16.5. The number of methoxy groups -OCH3 is 1. The van der Waals surface area contributed by atoms with E-state index in [4.69, 9.17) is 4.74 Å². The van der Waals surface area contributed by atoms with E-state index >= 15 is 0 Å². The number of rotatable bonds is 4. The number of hydrogen-bond acceptors (Lipinski definition) is 5. The molecule has 2 aliphatic heterocycles. The van der Waals surface area contributed by atoms with Gasteiger partial charge in [0.25, 0.3) is 0 Å². The van der Waals surface area contributed by atoms with Crippen LogP contribution in [0, 0.1) is 11.8 Å². The molecule has 1 aromatic carbocycles. The smallest absolute Gasteiger partial charge is 0.241 e. The first-order chi connectivity index (χ1) is 14.0. The van der Waals surface area contributed by atoms with Crippen LogP contribution < -0.4 is 10.1 Å². The van der Waals surface area contributed by atoms with Gasteiger partial charge in [-0.2, -0.15) is 0 Å². The SMILES string of the molecule is CCCC1CC(=O)N(C)C(=O)C(C2NCCc3c2[nH]c2ccc(OC)cc32)C1=O. The zero-order valence-corrected chi connectivity index (χ0v) is 17.1. The van der Waals surface area contributed by atoms with E-state index in [0.717, 1.165) is 45.7 Å². The van der Waals surface area contributed by atoms with Gasteiger partial charge in [0.2, 0.25) is 11.8 Å². The Labute approximate surface area is 169 Å². The second-order valence-electron chi connectivity index (χ2n) is 7.97. The number of imide groups is 1. The maximum atomic E-state index is 13.4. The Morgan fingerprint density at radius 3 is 2.76 bits per heavy atom. The van der Waals surface area contributed by atoms with E-state index in [1.165, 1.54) is 7.05 Å². The third-order valence-electron chi connectivity index (χ3n) is 6.27. The van der Waals surface area contributed by atoms with Crippen molar-refractivity contribution in [1.82, 2.24) is 15.2 Å². The van der Waals surface area contributed by atoms with Crippen LogP contribution in [-0.4, -0.2) is 48.2 Å². The summed E-state index contributed by atoms with van der Waals surface area (Å²) < 4.78 is 5.36. The molecule has 4 rings (SSSR count). The second kappa shape index (κ2) is 7.63. The van der Waals surface area contributed by atoms with Crippen LogP contribution in [0.4, 0.5) is 0 Å². The molecular formula is C22H27N3O4. The number of hydrogen-bond donors (Lipinski definition) is 2. The van der Waals surface area contributed by atoms with Crippen LogP contribution in [-0.2, 0) is 20.8 Å². The van der Waals surface area contributed by atoms with Gasteiger partial charge in [0.05, 0.1) is 13.2 Å². The molecule has 1 saturated heterocycles. The molecule has 3 atom stereocenters. The van der Waals surface area contributed by atoms with Gasteiger partial charge in [-0.25, -0.2) is 0 Å². The number of Topliss-reactive ketones (excluding diaryl/α,β-unsaturated/α-hetero) is 1. The number of ether oxygens (including phenoxy) is 1. The summed E-state index contributed by atoms with van der Waals surface area (Å²) in [6.45, 7) is 2.65. The first-order valence-electron chi connectivity index (χ1n) is 10.2. The zero-order valence-electron chi connectivity index (χ0n) is 17.1. The fourth-order valence-electron chi connectivity index (χ4n) is 4.70. The lowest BCUT2D eigenvalue weighted by Crippen LogP contribution is -2.46. The number of fused-ring (bicyclic) bond motifs is 3. The summed E-state index contributed by atoms with van der Waals surface area (Å²) in [7, 11) is 3.12. The van der Waals surface area contributed by atoms with Crippen LogP contribution in [0.3, 0.4) is 0 Å². The minimum absolute atomic E-state index is 0.106. The zero-order chi connectivity index (χ0) is 20.7. The number of carbonyl (C=O) groups is 3. The number of benzene rings is 1. The lowest BCUT2D eigenvalue weighted by Gasteiger charge is -2.31. The number of H-pyrrole nitrogens is 1. The number of aromatic nitrogens is 1. The Morgan fingerprint density at radius 2 is 2.03 bits per heavy atom. The summed E-state index contributed by atoms with van der Waals surface area (Å²) in [4.78, 5) is 43.6. The van der Waals surface area contributed by atoms with Crippen molar-refractivity contribution in [1.29, 1.82) is 0 Å². The maximum absolute atomic E-state index is 13.4. The van der Waals surface area contributed by atoms with Crippen LogP contribution in [0.1, 0.15) is 43.5 Å². The van der Waals surface area contributed by atoms with E-state index in [1.54, 1.807) is 7.11 Å². The van der Waals surface area contributed by atoms with Gasteiger partial charge in [0, 0.05) is 36.0 Å². The number of ketones is 1. The van der Waals surface area contributed by atoms with E-state index < -0.39 is 23.8 Å². The topological polar surface area (TPSA) is 91.5 Å². The van der Waals surface area contributed by atoms with Crippen molar-refractivity contribution in [3.05, 3.63) is 29.5 Å². The molecular weight excluding hydrogens is 370 g/mol. The fourth-order valence-corrected chi connectivity index (χ4v) is 4.70. The van der Waals surface area contributed by atoms with E-state index in [0.29, 0.717) is 13.0 Å². The summed E-state index contributed by atoms with van der Waals surface area (Å²) in [5.74, 6) is -1.37. The van der Waals surface area contributed by atoms with Gasteiger partial charge in [-0.3, -0.25) is 19.3 Å². The van der Waals surface area contributed by atoms with Gasteiger partial charge in [-0.05, 0) is 43.1 Å². The van der Waals surface area contributed by atoms with Crippen LogP contribution in [0.15, 0.2) is 18.2 Å². The van der Waals surface area contributed by atoms with Crippen molar-refractivity contribution in [2.24, 2.45) is 11.8 Å². The predicted octanol–water partition coefficient (Wildman–Crippen LogP) is 2.35. The van der Waals surface area contributed by atoms with Gasteiger partial charge in [-0.15, -0.1) is 0 Å². The Morgan fingerprint density at radius 1 is 1.24 bits per heavy atom. The minimum atomic E-state index is -0.906. The molecule has 1 aromatic heterocycles. The molecule has 0 saturated carbocycles. The lowest BCUT2D eigenvalue weighted by atomic mass is 9.81. The summed E-state index contributed by atoms with van der Waals surface area (Å²) >= 11 is 0. The van der Waals surface area contributed by atoms with Gasteiger partial charge in [-0.1, -0.05) is 13.3 Å². The van der Waals surface area contributed by atoms with Crippen LogP contribution in [0.25, 0.3) is 10.9 Å². The number of aromatic amines is 1. The normalized spacial score (nSPS) is 25.3. The monoisotopic (exact) mass is 397 g/mol. The molecule has 2 aliphatic rings. The summed E-state index contributed by atoms with van der Waals surface area (Å²) in [5.41, 5.74) is 2.92. The number of nitrogens with zero attached hydrogens (tertiary/aromatic N) is 1. The van der Waals surface area contributed by atoms with E-state index in [-0.39, 0.29) is 18.1 Å². The molecule has 29 heavy (non-hydrogen) atoms. The van der Waals surface area contributed by atoms with E-state index in [2.05, 4.69) is 10.3 Å². The lowest BCUT2D eigenvalue weighted by molar-refractivity contribution is -0.146. The molecule has 154 valence electrons. The quantitative estimate of drug-likeness (QED) is 0.610. The Kier molecular flexibility index (Phi) is 5.17. The van der Waals surface area contributed by atoms with Crippen LogP contribution >= 0.6 is 0 Å². The van der Waals surface area contributed by atoms with Gasteiger partial charge in [0.1, 0.15) is 11.7 Å². The average Bonchev–Trinajstić information content (AvgIpc) is 3.08. The molecule has 0 aliphatic carbocycles. The van der Waals surface area contributed by atoms with Crippen molar-refractivity contribution in [3.8, 4) is 5.75 Å². The Balaban J connectivity index is 1.80. The number of carbonyl (C=O) groups excluding carboxylic acids is 3. The Bertz CT molecular complexity index is 980. The first kappa shape index (κ1) is 19.6. The van der Waals surface area contributed by atoms with E-state index in [1.807, 2.05) is 25.1 Å². The third kappa shape index (κ3) is 3.23. The van der Waals surface area contributed by atoms with Crippen molar-refractivity contribution >= 4 is 28.5 Å². The van der Waals surface area contributed by atoms with Crippen molar-refractivity contribution in [3.63, 3.8) is 0 Å². The largest absolute Gasteiger partial charge is 0.497 e. The molecule has 0 spiro atoms. The molecule has 7 heteroatoms. The molecule has 3 unspecified atom stereocenters. The summed E-state index contributed by atoms with van der Waals surface area (Å²) in [6.07, 6.45) is 2.31. The standard InChI is InChI=1S/C22H27N3O4/c1-4-5-12-10-17(26)25(2)22(28)18(21(12)27)20-19-14(8-9-23-20)15-11-13(29-3)6-7-16(15)24-19/h6-7,11-12,18,20,23-24H,4-5,8-10H2,1-3H3. The highest BCUT2D eigenvalue weighted by molar-refractivity contribution is 6.12. The molecule has 2 N–H and O–H groups in total.